The molecule has 2 heterocycles. The Kier molecular flexibility index (Phi) is 7.08. The van der Waals surface area contributed by atoms with Gasteiger partial charge in [-0.05, 0) is 38.1 Å². The van der Waals surface area contributed by atoms with Crippen LogP contribution in [0.1, 0.15) is 30.9 Å². The van der Waals surface area contributed by atoms with Gasteiger partial charge >= 0.3 is 6.03 Å². The number of pyridine rings is 1. The van der Waals surface area contributed by atoms with Crippen molar-refractivity contribution in [2.24, 2.45) is 0 Å². The number of methoxy groups -OCH3 is 2. The van der Waals surface area contributed by atoms with E-state index < -0.39 is 0 Å². The zero-order valence-electron chi connectivity index (χ0n) is 16.5. The summed E-state index contributed by atoms with van der Waals surface area (Å²) in [6.45, 7) is 2.54. The first-order valence-electron chi connectivity index (χ1n) is 9.63. The van der Waals surface area contributed by atoms with E-state index in [0.29, 0.717) is 18.1 Å². The van der Waals surface area contributed by atoms with Gasteiger partial charge in [-0.15, -0.1) is 0 Å². The van der Waals surface area contributed by atoms with Crippen LogP contribution in [0.2, 0.25) is 0 Å². The largest absolute Gasteiger partial charge is 0.496 e. The van der Waals surface area contributed by atoms with E-state index >= 15 is 0 Å². The second-order valence-corrected chi connectivity index (χ2v) is 6.78. The summed E-state index contributed by atoms with van der Waals surface area (Å²) in [6, 6.07) is 11.3. The molecule has 1 aliphatic heterocycles. The van der Waals surface area contributed by atoms with Gasteiger partial charge in [-0.2, -0.15) is 0 Å². The molecule has 0 radical (unpaired) electrons. The Labute approximate surface area is 166 Å². The molecule has 0 spiro atoms. The normalized spacial score (nSPS) is 15.5. The molecule has 150 valence electrons. The number of aromatic nitrogens is 1. The summed E-state index contributed by atoms with van der Waals surface area (Å²) < 4.78 is 10.6. The standard InChI is InChI=1S/C21H28N4O3/c1-27-19-9-5-4-8-17(19)18(25-12-6-3-7-13-25)15-23-21(26)24-16-10-11-20(28-2)22-14-16/h4-5,8-11,14,18H,3,6-7,12-13,15H2,1-2H3,(H2,23,24,26). The molecule has 0 saturated carbocycles. The first-order valence-corrected chi connectivity index (χ1v) is 9.63. The summed E-state index contributed by atoms with van der Waals surface area (Å²) in [7, 11) is 3.24. The van der Waals surface area contributed by atoms with Crippen LogP contribution in [0.15, 0.2) is 42.6 Å². The van der Waals surface area contributed by atoms with Crippen LogP contribution in [0.25, 0.3) is 0 Å². The third-order valence-corrected chi connectivity index (χ3v) is 4.99. The fraction of sp³-hybridized carbons (Fsp3) is 0.429. The van der Waals surface area contributed by atoms with Crippen LogP contribution in [0.4, 0.5) is 10.5 Å². The molecule has 28 heavy (non-hydrogen) atoms. The lowest BCUT2D eigenvalue weighted by atomic mass is 10.0. The zero-order chi connectivity index (χ0) is 19.8. The highest BCUT2D eigenvalue weighted by molar-refractivity contribution is 5.89. The van der Waals surface area contributed by atoms with E-state index in [-0.39, 0.29) is 12.1 Å². The maximum atomic E-state index is 12.4. The minimum Gasteiger partial charge on any atom is -0.496 e. The smallest absolute Gasteiger partial charge is 0.319 e. The monoisotopic (exact) mass is 384 g/mol. The van der Waals surface area contributed by atoms with Crippen LogP contribution < -0.4 is 20.1 Å². The summed E-state index contributed by atoms with van der Waals surface area (Å²) in [5, 5.41) is 5.81. The lowest BCUT2D eigenvalue weighted by molar-refractivity contribution is 0.158. The fourth-order valence-corrected chi connectivity index (χ4v) is 3.55. The molecule has 1 saturated heterocycles. The number of anilines is 1. The topological polar surface area (TPSA) is 75.7 Å². The van der Waals surface area contributed by atoms with Crippen LogP contribution in [-0.4, -0.2) is 49.8 Å². The third kappa shape index (κ3) is 5.13. The van der Waals surface area contributed by atoms with Crippen molar-refractivity contribution >= 4 is 11.7 Å². The van der Waals surface area contributed by atoms with Crippen molar-refractivity contribution in [1.29, 1.82) is 0 Å². The van der Waals surface area contributed by atoms with Gasteiger partial charge in [0.25, 0.3) is 0 Å². The molecule has 0 aliphatic carbocycles. The molecule has 1 aliphatic rings. The van der Waals surface area contributed by atoms with Gasteiger partial charge in [0.1, 0.15) is 5.75 Å². The second kappa shape index (κ2) is 9.94. The summed E-state index contributed by atoms with van der Waals surface area (Å²) in [5.41, 5.74) is 1.71. The summed E-state index contributed by atoms with van der Waals surface area (Å²) in [6.07, 6.45) is 5.18. The van der Waals surface area contributed by atoms with E-state index in [9.17, 15) is 4.79 Å². The maximum absolute atomic E-state index is 12.4. The van der Waals surface area contributed by atoms with E-state index in [1.54, 1.807) is 32.5 Å². The molecule has 1 fully saturated rings. The number of piperidine rings is 1. The number of para-hydroxylation sites is 1. The first-order chi connectivity index (χ1) is 13.7. The van der Waals surface area contributed by atoms with Gasteiger partial charge in [-0.3, -0.25) is 4.90 Å². The van der Waals surface area contributed by atoms with E-state index in [0.717, 1.165) is 24.4 Å². The Morgan fingerprint density at radius 3 is 2.57 bits per heavy atom. The number of likely N-dealkylation sites (tertiary alicyclic amines) is 1. The quantitative estimate of drug-likeness (QED) is 0.765. The van der Waals surface area contributed by atoms with Crippen molar-refractivity contribution in [3.05, 3.63) is 48.2 Å². The number of hydrogen-bond donors (Lipinski definition) is 2. The number of ether oxygens (including phenoxy) is 2. The molecule has 2 amide bonds. The van der Waals surface area contributed by atoms with Gasteiger partial charge < -0.3 is 20.1 Å². The third-order valence-electron chi connectivity index (χ3n) is 4.99. The minimum atomic E-state index is -0.260. The fourth-order valence-electron chi connectivity index (χ4n) is 3.55. The number of hydrogen-bond acceptors (Lipinski definition) is 5. The van der Waals surface area contributed by atoms with Crippen LogP contribution in [-0.2, 0) is 0 Å². The number of nitrogens with zero attached hydrogens (tertiary/aromatic N) is 2. The van der Waals surface area contributed by atoms with Crippen molar-refractivity contribution in [1.82, 2.24) is 15.2 Å². The predicted octanol–water partition coefficient (Wildman–Crippen LogP) is 3.45. The lowest BCUT2D eigenvalue weighted by Gasteiger charge is -2.35. The van der Waals surface area contributed by atoms with Crippen molar-refractivity contribution in [3.63, 3.8) is 0 Å². The van der Waals surface area contributed by atoms with Crippen molar-refractivity contribution in [3.8, 4) is 11.6 Å². The number of rotatable bonds is 7. The van der Waals surface area contributed by atoms with E-state index in [1.165, 1.54) is 19.3 Å². The second-order valence-electron chi connectivity index (χ2n) is 6.78. The molecule has 2 N–H and O–H groups in total. The molecule has 7 heteroatoms. The molecular formula is C21H28N4O3. The Morgan fingerprint density at radius 2 is 1.89 bits per heavy atom. The molecule has 1 aromatic heterocycles. The summed E-state index contributed by atoms with van der Waals surface area (Å²) >= 11 is 0. The average molecular weight is 384 g/mol. The molecule has 3 rings (SSSR count). The van der Waals surface area contributed by atoms with Crippen LogP contribution in [0.3, 0.4) is 0 Å². The number of carbonyl (C=O) groups is 1. The van der Waals surface area contributed by atoms with E-state index in [1.807, 2.05) is 18.2 Å². The number of carbonyl (C=O) groups excluding carboxylic acids is 1. The van der Waals surface area contributed by atoms with Crippen molar-refractivity contribution < 1.29 is 14.3 Å². The molecule has 1 aromatic carbocycles. The minimum absolute atomic E-state index is 0.0659. The molecule has 1 atom stereocenters. The first kappa shape index (κ1) is 19.9. The van der Waals surface area contributed by atoms with Crippen molar-refractivity contribution in [2.45, 2.75) is 25.3 Å². The van der Waals surface area contributed by atoms with Gasteiger partial charge in [-0.1, -0.05) is 24.6 Å². The Bertz CT molecular complexity index is 761. The molecule has 1 unspecified atom stereocenters. The molecule has 0 bridgehead atoms. The maximum Gasteiger partial charge on any atom is 0.319 e. The number of amides is 2. The Balaban J connectivity index is 1.67. The summed E-state index contributed by atoms with van der Waals surface area (Å²) in [5.74, 6) is 1.35. The van der Waals surface area contributed by atoms with Gasteiger partial charge in [0.2, 0.25) is 5.88 Å². The van der Waals surface area contributed by atoms with Gasteiger partial charge in [0.15, 0.2) is 0 Å². The van der Waals surface area contributed by atoms with Crippen LogP contribution in [0.5, 0.6) is 11.6 Å². The molecule has 2 aromatic rings. The highest BCUT2D eigenvalue weighted by atomic mass is 16.5. The number of urea groups is 1. The van der Waals surface area contributed by atoms with Gasteiger partial charge in [0.05, 0.1) is 32.1 Å². The predicted molar refractivity (Wildman–Crippen MR) is 109 cm³/mol. The molecule has 7 nitrogen and oxygen atoms in total. The zero-order valence-corrected chi connectivity index (χ0v) is 16.5. The van der Waals surface area contributed by atoms with E-state index in [4.69, 9.17) is 9.47 Å². The highest BCUT2D eigenvalue weighted by Crippen LogP contribution is 2.30. The Morgan fingerprint density at radius 1 is 1.11 bits per heavy atom. The number of nitrogens with one attached hydrogen (secondary N) is 2. The Hall–Kier alpha value is -2.80. The summed E-state index contributed by atoms with van der Waals surface area (Å²) in [4.78, 5) is 18.9. The highest BCUT2D eigenvalue weighted by Gasteiger charge is 2.25. The van der Waals surface area contributed by atoms with Crippen molar-refractivity contribution in [2.75, 3.05) is 39.2 Å². The van der Waals surface area contributed by atoms with Gasteiger partial charge in [0, 0.05) is 18.2 Å². The van der Waals surface area contributed by atoms with Crippen LogP contribution >= 0.6 is 0 Å². The average Bonchev–Trinajstić information content (AvgIpc) is 2.75. The number of benzene rings is 1. The van der Waals surface area contributed by atoms with Crippen LogP contribution in [0, 0.1) is 0 Å². The SMILES string of the molecule is COc1ccc(NC(=O)NCC(c2ccccc2OC)N2CCCCC2)cn1. The lowest BCUT2D eigenvalue weighted by Crippen LogP contribution is -2.41. The van der Waals surface area contributed by atoms with E-state index in [2.05, 4.69) is 26.6 Å². The van der Waals surface area contributed by atoms with Gasteiger partial charge in [-0.25, -0.2) is 9.78 Å². The molecular weight excluding hydrogens is 356 g/mol.